The van der Waals surface area contributed by atoms with Crippen molar-refractivity contribution in [3.05, 3.63) is 94.2 Å². The van der Waals surface area contributed by atoms with Gasteiger partial charge in [-0.1, -0.05) is 20.8 Å². The number of aromatic nitrogens is 1. The Kier molecular flexibility index (Phi) is 12.4. The summed E-state index contributed by atoms with van der Waals surface area (Å²) in [6, 6.07) is 11.1. The Bertz CT molecular complexity index is 1320. The predicted molar refractivity (Wildman–Crippen MR) is 162 cm³/mol. The van der Waals surface area contributed by atoms with E-state index < -0.39 is 29.7 Å². The second kappa shape index (κ2) is 16.0. The van der Waals surface area contributed by atoms with Gasteiger partial charge in [-0.3, -0.25) is 9.59 Å². The molecule has 1 aromatic heterocycles. The van der Waals surface area contributed by atoms with Crippen LogP contribution in [0.5, 0.6) is 0 Å². The highest BCUT2D eigenvalue weighted by atomic mass is 19.1. The van der Waals surface area contributed by atoms with Gasteiger partial charge < -0.3 is 20.6 Å². The van der Waals surface area contributed by atoms with Crippen LogP contribution in [0.3, 0.4) is 0 Å². The number of anilines is 1. The van der Waals surface area contributed by atoms with Crippen LogP contribution >= 0.6 is 0 Å². The minimum atomic E-state index is -1.04. The van der Waals surface area contributed by atoms with Gasteiger partial charge >= 0.3 is 0 Å². The highest BCUT2D eigenvalue weighted by molar-refractivity contribution is 6.00. The normalized spacial score (nSPS) is 12.5. The number of benzene rings is 2. The zero-order chi connectivity index (χ0) is 30.6. The van der Waals surface area contributed by atoms with E-state index in [9.17, 15) is 23.5 Å². The lowest BCUT2D eigenvalue weighted by Crippen LogP contribution is -2.45. The highest BCUT2D eigenvalue weighted by Crippen LogP contribution is 2.17. The van der Waals surface area contributed by atoms with Gasteiger partial charge in [0.05, 0.1) is 12.1 Å². The first-order valence-corrected chi connectivity index (χ1v) is 14.7. The van der Waals surface area contributed by atoms with Crippen LogP contribution < -0.4 is 10.6 Å². The third-order valence-electron chi connectivity index (χ3n) is 7.00. The van der Waals surface area contributed by atoms with Crippen molar-refractivity contribution >= 4 is 17.6 Å². The number of aliphatic hydroxyl groups excluding tert-OH is 1. The molecule has 2 atom stereocenters. The molecule has 0 spiro atoms. The zero-order valence-electron chi connectivity index (χ0n) is 24.9. The molecule has 1 heterocycles. The Labute approximate surface area is 247 Å². The molecule has 7 nitrogen and oxygen atoms in total. The largest absolute Gasteiger partial charge is 0.391 e. The van der Waals surface area contributed by atoms with Gasteiger partial charge in [0.1, 0.15) is 17.5 Å². The third-order valence-corrected chi connectivity index (χ3v) is 7.00. The lowest BCUT2D eigenvalue weighted by atomic mass is 9.97. The first kappa shape index (κ1) is 32.7. The van der Waals surface area contributed by atoms with Crippen LogP contribution in [0.15, 0.2) is 54.7 Å². The monoisotopic (exact) mass is 580 g/mol. The lowest BCUT2D eigenvalue weighted by molar-refractivity contribution is 0.0755. The fraction of sp³-hybridized carbons (Fsp3) is 0.424. The van der Waals surface area contributed by atoms with Crippen molar-refractivity contribution in [3.8, 4) is 0 Å². The van der Waals surface area contributed by atoms with Gasteiger partial charge in [-0.05, 0) is 98.2 Å². The van der Waals surface area contributed by atoms with Crippen LogP contribution in [0, 0.1) is 18.6 Å². The molecule has 0 aliphatic heterocycles. The Morgan fingerprint density at radius 1 is 0.929 bits per heavy atom. The molecule has 0 unspecified atom stereocenters. The Morgan fingerprint density at radius 2 is 1.60 bits per heavy atom. The van der Waals surface area contributed by atoms with E-state index in [-0.39, 0.29) is 24.3 Å². The summed E-state index contributed by atoms with van der Waals surface area (Å²) in [5.74, 6) is -1.43. The first-order chi connectivity index (χ1) is 20.1. The summed E-state index contributed by atoms with van der Waals surface area (Å²) in [4.78, 5) is 32.8. The summed E-state index contributed by atoms with van der Waals surface area (Å²) in [5, 5.41) is 17.2. The van der Waals surface area contributed by atoms with E-state index in [0.717, 1.165) is 36.5 Å². The lowest BCUT2D eigenvalue weighted by Gasteiger charge is -2.25. The van der Waals surface area contributed by atoms with Crippen molar-refractivity contribution in [1.82, 2.24) is 15.2 Å². The minimum Gasteiger partial charge on any atom is -0.391 e. The number of nitrogens with zero attached hydrogens (tertiary/aromatic N) is 2. The molecule has 0 radical (unpaired) electrons. The van der Waals surface area contributed by atoms with Gasteiger partial charge in [0.25, 0.3) is 11.8 Å². The molecule has 2 aromatic carbocycles. The number of halogens is 2. The van der Waals surface area contributed by atoms with E-state index in [2.05, 4.69) is 15.6 Å². The molecule has 0 bridgehead atoms. The molecule has 3 aromatic rings. The quantitative estimate of drug-likeness (QED) is 0.215. The van der Waals surface area contributed by atoms with Crippen LogP contribution in [-0.2, 0) is 12.8 Å². The fourth-order valence-electron chi connectivity index (χ4n) is 4.93. The van der Waals surface area contributed by atoms with Crippen molar-refractivity contribution in [3.63, 3.8) is 0 Å². The maximum absolute atomic E-state index is 14.0. The van der Waals surface area contributed by atoms with E-state index in [4.69, 9.17) is 0 Å². The van der Waals surface area contributed by atoms with Crippen molar-refractivity contribution in [1.29, 1.82) is 0 Å². The number of hydrogen-bond acceptors (Lipinski definition) is 5. The number of carbonyl (C=O) groups excluding carboxylic acids is 2. The number of nitrogens with one attached hydrogen (secondary N) is 2. The van der Waals surface area contributed by atoms with Crippen LogP contribution in [0.1, 0.15) is 77.4 Å². The summed E-state index contributed by atoms with van der Waals surface area (Å²) >= 11 is 0. The Balaban J connectivity index is 1.80. The van der Waals surface area contributed by atoms with Crippen molar-refractivity contribution in [2.24, 2.45) is 0 Å². The van der Waals surface area contributed by atoms with Gasteiger partial charge in [0.2, 0.25) is 0 Å². The third kappa shape index (κ3) is 9.62. The van der Waals surface area contributed by atoms with Crippen LogP contribution in [0.4, 0.5) is 14.6 Å². The van der Waals surface area contributed by atoms with Crippen molar-refractivity contribution < 1.29 is 23.5 Å². The van der Waals surface area contributed by atoms with E-state index in [1.54, 1.807) is 29.3 Å². The molecule has 0 fully saturated rings. The molecule has 0 saturated heterocycles. The molecule has 226 valence electrons. The Morgan fingerprint density at radius 3 is 2.24 bits per heavy atom. The maximum atomic E-state index is 14.0. The highest BCUT2D eigenvalue weighted by Gasteiger charge is 2.24. The number of aryl methyl sites for hydroxylation is 2. The molecular formula is C33H42F2N4O3. The summed E-state index contributed by atoms with van der Waals surface area (Å²) in [7, 11) is 0. The summed E-state index contributed by atoms with van der Waals surface area (Å²) in [6.45, 7) is 9.47. The van der Waals surface area contributed by atoms with E-state index >= 15 is 0 Å². The predicted octanol–water partition coefficient (Wildman–Crippen LogP) is 5.70. The SMILES string of the molecule is CCCN(CCC)C(=O)c1cc(C)cc(C(=O)N[C@H](Cc2cc(F)cc(F)c2)[C@H](O)CCNc2cc(CC)ccn2)c1. The summed E-state index contributed by atoms with van der Waals surface area (Å²) in [5.41, 5.74) is 2.85. The molecule has 3 N–H and O–H groups in total. The summed E-state index contributed by atoms with van der Waals surface area (Å²) in [6.07, 6.45) is 3.41. The molecule has 0 aliphatic rings. The van der Waals surface area contributed by atoms with Gasteiger partial charge in [-0.2, -0.15) is 0 Å². The fourth-order valence-corrected chi connectivity index (χ4v) is 4.93. The minimum absolute atomic E-state index is 0.00351. The van der Waals surface area contributed by atoms with Gasteiger partial charge in [-0.15, -0.1) is 0 Å². The molecule has 9 heteroatoms. The van der Waals surface area contributed by atoms with Crippen LogP contribution in [0.25, 0.3) is 0 Å². The van der Waals surface area contributed by atoms with Crippen LogP contribution in [-0.4, -0.2) is 58.6 Å². The van der Waals surface area contributed by atoms with E-state index in [1.807, 2.05) is 39.8 Å². The van der Waals surface area contributed by atoms with Crippen LogP contribution in [0.2, 0.25) is 0 Å². The van der Waals surface area contributed by atoms with Gasteiger partial charge in [-0.25, -0.2) is 13.8 Å². The number of pyridine rings is 1. The number of amides is 2. The maximum Gasteiger partial charge on any atom is 0.253 e. The first-order valence-electron chi connectivity index (χ1n) is 14.7. The number of rotatable bonds is 15. The van der Waals surface area contributed by atoms with E-state index in [0.29, 0.717) is 36.6 Å². The van der Waals surface area contributed by atoms with Crippen molar-refractivity contribution in [2.75, 3.05) is 25.0 Å². The number of aliphatic hydroxyl groups is 1. The molecule has 3 rings (SSSR count). The number of carbonyl (C=O) groups is 2. The number of hydrogen-bond donors (Lipinski definition) is 3. The van der Waals surface area contributed by atoms with Crippen molar-refractivity contribution in [2.45, 2.75) is 71.9 Å². The second-order valence-corrected chi connectivity index (χ2v) is 10.6. The molecule has 2 amide bonds. The zero-order valence-corrected chi connectivity index (χ0v) is 24.9. The van der Waals surface area contributed by atoms with Gasteiger partial charge in [0.15, 0.2) is 0 Å². The van der Waals surface area contributed by atoms with Gasteiger partial charge in [0, 0.05) is 43.0 Å². The standard InChI is InChI=1S/C33H42F2N4O3/c1-5-12-39(13-6-2)33(42)26-15-22(4)14-25(20-26)32(41)38-29(18-24-16-27(34)21-28(35)17-24)30(40)9-11-37-31-19-23(7-3)8-10-36-31/h8,10,14-17,19-21,29-30,40H,5-7,9,11-13,18H2,1-4H3,(H,36,37)(H,38,41)/t29-,30-/m1/s1. The Hall–Kier alpha value is -3.85. The molecule has 42 heavy (non-hydrogen) atoms. The molecule has 0 saturated carbocycles. The second-order valence-electron chi connectivity index (χ2n) is 10.6. The molecule has 0 aliphatic carbocycles. The average Bonchev–Trinajstić information content (AvgIpc) is 2.95. The van der Waals surface area contributed by atoms with E-state index in [1.165, 1.54) is 12.1 Å². The topological polar surface area (TPSA) is 94.6 Å². The smallest absolute Gasteiger partial charge is 0.253 e. The average molecular weight is 581 g/mol. The molecular weight excluding hydrogens is 538 g/mol. The summed E-state index contributed by atoms with van der Waals surface area (Å²) < 4.78 is 27.9.